The Morgan fingerprint density at radius 1 is 1.24 bits per heavy atom. The Kier molecular flexibility index (Phi) is 6.03. The lowest BCUT2D eigenvalue weighted by atomic mass is 10.1. The fraction of sp³-hybridized carbons (Fsp3) is 0.647. The highest BCUT2D eigenvalue weighted by atomic mass is 16.5. The van der Waals surface area contributed by atoms with E-state index < -0.39 is 0 Å². The Hall–Kier alpha value is -1.10. The molecular formula is C17H29N3O. The number of hydrogen-bond donors (Lipinski definition) is 1. The maximum absolute atomic E-state index is 5.79. The lowest BCUT2D eigenvalue weighted by Crippen LogP contribution is -2.48. The molecule has 0 aliphatic carbocycles. The molecule has 0 aromatic heterocycles. The van der Waals surface area contributed by atoms with E-state index >= 15 is 0 Å². The van der Waals surface area contributed by atoms with Crippen LogP contribution >= 0.6 is 0 Å². The lowest BCUT2D eigenvalue weighted by Gasteiger charge is -2.37. The SMILES string of the molecule is CCC(C)N1CCN(Cc2ccc(OC)c(CN)c2)CC1. The van der Waals surface area contributed by atoms with Crippen LogP contribution < -0.4 is 10.5 Å². The molecule has 0 radical (unpaired) electrons. The molecule has 4 nitrogen and oxygen atoms in total. The van der Waals surface area contributed by atoms with E-state index in [-0.39, 0.29) is 0 Å². The maximum Gasteiger partial charge on any atom is 0.123 e. The minimum atomic E-state index is 0.527. The Balaban J connectivity index is 1.91. The van der Waals surface area contributed by atoms with Gasteiger partial charge in [-0.1, -0.05) is 13.0 Å². The molecule has 0 bridgehead atoms. The Labute approximate surface area is 128 Å². The van der Waals surface area contributed by atoms with Crippen LogP contribution in [0.5, 0.6) is 5.75 Å². The molecule has 0 spiro atoms. The molecular weight excluding hydrogens is 262 g/mol. The van der Waals surface area contributed by atoms with Crippen molar-refractivity contribution in [3.63, 3.8) is 0 Å². The van der Waals surface area contributed by atoms with Crippen LogP contribution in [0.4, 0.5) is 0 Å². The van der Waals surface area contributed by atoms with Crippen LogP contribution in [-0.4, -0.2) is 49.1 Å². The molecule has 2 rings (SSSR count). The molecule has 2 N–H and O–H groups in total. The van der Waals surface area contributed by atoms with E-state index in [1.165, 1.54) is 25.1 Å². The minimum Gasteiger partial charge on any atom is -0.496 e. The van der Waals surface area contributed by atoms with Gasteiger partial charge in [0, 0.05) is 50.9 Å². The van der Waals surface area contributed by atoms with Gasteiger partial charge in [-0.25, -0.2) is 0 Å². The van der Waals surface area contributed by atoms with Crippen LogP contribution in [0.2, 0.25) is 0 Å². The largest absolute Gasteiger partial charge is 0.496 e. The summed E-state index contributed by atoms with van der Waals surface area (Å²) in [7, 11) is 1.70. The fourth-order valence-corrected chi connectivity index (χ4v) is 2.97. The van der Waals surface area contributed by atoms with Crippen molar-refractivity contribution < 1.29 is 4.74 Å². The maximum atomic E-state index is 5.79. The molecule has 0 saturated carbocycles. The van der Waals surface area contributed by atoms with Gasteiger partial charge in [0.25, 0.3) is 0 Å². The van der Waals surface area contributed by atoms with Crippen molar-refractivity contribution in [2.75, 3.05) is 33.3 Å². The van der Waals surface area contributed by atoms with Crippen molar-refractivity contribution in [2.45, 2.75) is 39.4 Å². The second-order valence-electron chi connectivity index (χ2n) is 5.92. The first-order valence-corrected chi connectivity index (χ1v) is 8.00. The monoisotopic (exact) mass is 291 g/mol. The number of nitrogens with two attached hydrogens (primary N) is 1. The van der Waals surface area contributed by atoms with Crippen LogP contribution in [0.3, 0.4) is 0 Å². The lowest BCUT2D eigenvalue weighted by molar-refractivity contribution is 0.0963. The number of ether oxygens (including phenoxy) is 1. The summed E-state index contributed by atoms with van der Waals surface area (Å²) in [5.41, 5.74) is 8.21. The van der Waals surface area contributed by atoms with Gasteiger partial charge in [0.15, 0.2) is 0 Å². The van der Waals surface area contributed by atoms with E-state index in [0.717, 1.165) is 30.9 Å². The van der Waals surface area contributed by atoms with Gasteiger partial charge >= 0.3 is 0 Å². The third-order valence-electron chi connectivity index (χ3n) is 4.59. The number of benzene rings is 1. The Morgan fingerprint density at radius 2 is 1.95 bits per heavy atom. The number of piperazine rings is 1. The summed E-state index contributed by atoms with van der Waals surface area (Å²) in [6.45, 7) is 10.8. The van der Waals surface area contributed by atoms with Gasteiger partial charge in [-0.15, -0.1) is 0 Å². The fourth-order valence-electron chi connectivity index (χ4n) is 2.97. The first-order chi connectivity index (χ1) is 10.2. The zero-order valence-corrected chi connectivity index (χ0v) is 13.6. The molecule has 118 valence electrons. The van der Waals surface area contributed by atoms with Gasteiger partial charge < -0.3 is 10.5 Å². The average molecular weight is 291 g/mol. The summed E-state index contributed by atoms with van der Waals surface area (Å²) in [5, 5.41) is 0. The Morgan fingerprint density at radius 3 is 2.52 bits per heavy atom. The zero-order valence-electron chi connectivity index (χ0n) is 13.6. The summed E-state index contributed by atoms with van der Waals surface area (Å²) in [5.74, 6) is 0.892. The number of rotatable bonds is 6. The Bertz CT molecular complexity index is 442. The van der Waals surface area contributed by atoms with Gasteiger partial charge in [-0.3, -0.25) is 9.80 Å². The van der Waals surface area contributed by atoms with Crippen molar-refractivity contribution >= 4 is 0 Å². The average Bonchev–Trinajstić information content (AvgIpc) is 2.54. The molecule has 1 heterocycles. The molecule has 1 saturated heterocycles. The molecule has 1 unspecified atom stereocenters. The van der Waals surface area contributed by atoms with Crippen molar-refractivity contribution in [2.24, 2.45) is 5.73 Å². The van der Waals surface area contributed by atoms with E-state index in [9.17, 15) is 0 Å². The van der Waals surface area contributed by atoms with E-state index in [1.807, 2.05) is 6.07 Å². The second kappa shape index (κ2) is 7.78. The van der Waals surface area contributed by atoms with Crippen molar-refractivity contribution in [1.82, 2.24) is 9.80 Å². The topological polar surface area (TPSA) is 41.7 Å². The van der Waals surface area contributed by atoms with Crippen molar-refractivity contribution in [3.8, 4) is 5.75 Å². The third kappa shape index (κ3) is 4.19. The van der Waals surface area contributed by atoms with E-state index in [1.54, 1.807) is 7.11 Å². The molecule has 1 atom stereocenters. The number of hydrogen-bond acceptors (Lipinski definition) is 4. The van der Waals surface area contributed by atoms with Crippen LogP contribution in [-0.2, 0) is 13.1 Å². The molecule has 4 heteroatoms. The molecule has 1 aromatic carbocycles. The molecule has 1 aliphatic heterocycles. The van der Waals surface area contributed by atoms with E-state index in [2.05, 4.69) is 35.8 Å². The summed E-state index contributed by atoms with van der Waals surface area (Å²) in [6, 6.07) is 7.07. The summed E-state index contributed by atoms with van der Waals surface area (Å²) in [4.78, 5) is 5.12. The first-order valence-electron chi connectivity index (χ1n) is 8.00. The first kappa shape index (κ1) is 16.3. The zero-order chi connectivity index (χ0) is 15.2. The highest BCUT2D eigenvalue weighted by Crippen LogP contribution is 2.20. The summed E-state index contributed by atoms with van der Waals surface area (Å²) in [6.07, 6.45) is 1.23. The number of methoxy groups -OCH3 is 1. The summed E-state index contributed by atoms with van der Waals surface area (Å²) < 4.78 is 5.33. The quantitative estimate of drug-likeness (QED) is 0.871. The summed E-state index contributed by atoms with van der Waals surface area (Å²) >= 11 is 0. The normalized spacial score (nSPS) is 18.7. The van der Waals surface area contributed by atoms with Crippen LogP contribution in [0.15, 0.2) is 18.2 Å². The van der Waals surface area contributed by atoms with Crippen LogP contribution in [0.25, 0.3) is 0 Å². The van der Waals surface area contributed by atoms with Crippen molar-refractivity contribution in [1.29, 1.82) is 0 Å². The highest BCUT2D eigenvalue weighted by molar-refractivity contribution is 5.37. The molecule has 1 fully saturated rings. The minimum absolute atomic E-state index is 0.527. The van der Waals surface area contributed by atoms with Crippen LogP contribution in [0.1, 0.15) is 31.4 Å². The standard InChI is InChI=1S/C17H29N3O/c1-4-14(2)20-9-7-19(8-10-20)13-15-5-6-17(21-3)16(11-15)12-18/h5-6,11,14H,4,7-10,12-13,18H2,1-3H3. The number of nitrogens with zero attached hydrogens (tertiary/aromatic N) is 2. The highest BCUT2D eigenvalue weighted by Gasteiger charge is 2.20. The van der Waals surface area contributed by atoms with Gasteiger partial charge in [0.2, 0.25) is 0 Å². The van der Waals surface area contributed by atoms with Gasteiger partial charge in [-0.2, -0.15) is 0 Å². The van der Waals surface area contributed by atoms with E-state index in [0.29, 0.717) is 12.6 Å². The third-order valence-corrected chi connectivity index (χ3v) is 4.59. The smallest absolute Gasteiger partial charge is 0.123 e. The molecule has 0 amide bonds. The predicted octanol–water partition coefficient (Wildman–Crippen LogP) is 2.07. The van der Waals surface area contributed by atoms with Gasteiger partial charge in [0.1, 0.15) is 5.75 Å². The second-order valence-corrected chi connectivity index (χ2v) is 5.92. The van der Waals surface area contributed by atoms with Gasteiger partial charge in [-0.05, 0) is 31.0 Å². The molecule has 21 heavy (non-hydrogen) atoms. The molecule has 1 aliphatic rings. The molecule has 1 aromatic rings. The van der Waals surface area contributed by atoms with Gasteiger partial charge in [0.05, 0.1) is 7.11 Å². The van der Waals surface area contributed by atoms with Crippen LogP contribution in [0, 0.1) is 0 Å². The predicted molar refractivity (Wildman–Crippen MR) is 87.5 cm³/mol. The van der Waals surface area contributed by atoms with Crippen molar-refractivity contribution in [3.05, 3.63) is 29.3 Å². The van der Waals surface area contributed by atoms with E-state index in [4.69, 9.17) is 10.5 Å².